The Labute approximate surface area is 190 Å². The van der Waals surface area contributed by atoms with Crippen molar-refractivity contribution >= 4 is 11.7 Å². The molecule has 0 bridgehead atoms. The van der Waals surface area contributed by atoms with Gasteiger partial charge in [0.2, 0.25) is 0 Å². The Morgan fingerprint density at radius 1 is 0.935 bits per heavy atom. The second-order valence-corrected chi connectivity index (χ2v) is 9.13. The van der Waals surface area contributed by atoms with Crippen LogP contribution in [0.15, 0.2) is 24.3 Å². The molecule has 0 saturated carbocycles. The van der Waals surface area contributed by atoms with Crippen molar-refractivity contribution in [3.8, 4) is 0 Å². The van der Waals surface area contributed by atoms with Crippen LogP contribution in [0.5, 0.6) is 0 Å². The lowest BCUT2D eigenvalue weighted by molar-refractivity contribution is -0.115. The average Bonchev–Trinajstić information content (AvgIpc) is 2.75. The van der Waals surface area contributed by atoms with E-state index in [0.717, 1.165) is 30.5 Å². The van der Waals surface area contributed by atoms with Gasteiger partial charge < -0.3 is 20.3 Å². The van der Waals surface area contributed by atoms with E-state index >= 15 is 0 Å². The minimum Gasteiger partial charge on any atom is -0.339 e. The number of benzene rings is 1. The molecule has 3 rings (SSSR count). The molecule has 176 valence electrons. The topological polar surface area (TPSA) is 61.4 Å². The molecule has 5 nitrogen and oxygen atoms in total. The van der Waals surface area contributed by atoms with Crippen LogP contribution in [0.2, 0.25) is 0 Å². The van der Waals surface area contributed by atoms with Gasteiger partial charge in [0.15, 0.2) is 0 Å². The van der Waals surface area contributed by atoms with Gasteiger partial charge in [-0.05, 0) is 97.6 Å². The standard InChI is InChI=1S/C21H32N2O.C3H6O.C2H7N/c1-17-5-7-20(8-6-17)21(24)23-15-11-19(12-16-23)4-2-3-18-9-13-22-14-10-18;1-3(2)4;1-3-2/h5-8,18-19,22H,2-4,9-16H2,1H3;1-2H3;3H,1-2H3. The van der Waals surface area contributed by atoms with Crippen LogP contribution in [0.4, 0.5) is 0 Å². The van der Waals surface area contributed by atoms with Gasteiger partial charge in [-0.25, -0.2) is 0 Å². The number of rotatable bonds is 5. The summed E-state index contributed by atoms with van der Waals surface area (Å²) in [6, 6.07) is 7.98. The Kier molecular flexibility index (Phi) is 14.1. The zero-order valence-corrected chi connectivity index (χ0v) is 20.5. The number of Topliss-reactive ketones (excluding diaryl/α,β-unsaturated/α-hetero) is 1. The SMILES string of the molecule is CC(C)=O.CNC.Cc1ccc(C(=O)N2CCC(CCCC3CCNCC3)CC2)cc1. The van der Waals surface area contributed by atoms with Crippen LogP contribution in [-0.2, 0) is 4.79 Å². The maximum Gasteiger partial charge on any atom is 0.253 e. The van der Waals surface area contributed by atoms with Crippen molar-refractivity contribution in [3.63, 3.8) is 0 Å². The number of ketones is 1. The van der Waals surface area contributed by atoms with E-state index in [4.69, 9.17) is 0 Å². The summed E-state index contributed by atoms with van der Waals surface area (Å²) in [5, 5.41) is 6.20. The van der Waals surface area contributed by atoms with E-state index in [1.165, 1.54) is 77.4 Å². The predicted octanol–water partition coefficient (Wildman–Crippen LogP) is 4.45. The molecule has 0 atom stereocenters. The molecule has 2 heterocycles. The molecule has 0 aromatic heterocycles. The molecule has 31 heavy (non-hydrogen) atoms. The maximum absolute atomic E-state index is 12.6. The fraction of sp³-hybridized carbons (Fsp3) is 0.692. The van der Waals surface area contributed by atoms with E-state index in [9.17, 15) is 9.59 Å². The fourth-order valence-electron chi connectivity index (χ4n) is 4.17. The molecule has 0 aliphatic carbocycles. The summed E-state index contributed by atoms with van der Waals surface area (Å²) >= 11 is 0. The van der Waals surface area contributed by atoms with E-state index in [2.05, 4.69) is 17.6 Å². The van der Waals surface area contributed by atoms with Crippen LogP contribution in [0, 0.1) is 18.8 Å². The fourth-order valence-corrected chi connectivity index (χ4v) is 4.17. The summed E-state index contributed by atoms with van der Waals surface area (Å²) in [5.41, 5.74) is 2.05. The third kappa shape index (κ3) is 12.0. The average molecular weight is 432 g/mol. The monoisotopic (exact) mass is 431 g/mol. The molecule has 1 aromatic carbocycles. The van der Waals surface area contributed by atoms with Crippen molar-refractivity contribution in [2.45, 2.75) is 65.7 Å². The zero-order chi connectivity index (χ0) is 23.1. The van der Waals surface area contributed by atoms with Crippen molar-refractivity contribution in [1.82, 2.24) is 15.5 Å². The van der Waals surface area contributed by atoms with Gasteiger partial charge in [0.1, 0.15) is 5.78 Å². The van der Waals surface area contributed by atoms with Gasteiger partial charge in [-0.15, -0.1) is 0 Å². The van der Waals surface area contributed by atoms with Gasteiger partial charge in [-0.1, -0.05) is 37.0 Å². The summed E-state index contributed by atoms with van der Waals surface area (Å²) in [4.78, 5) is 24.1. The molecule has 2 N–H and O–H groups in total. The van der Waals surface area contributed by atoms with Crippen LogP contribution >= 0.6 is 0 Å². The highest BCUT2D eigenvalue weighted by molar-refractivity contribution is 5.94. The number of carbonyl (C=O) groups excluding carboxylic acids is 2. The van der Waals surface area contributed by atoms with Crippen LogP contribution in [0.25, 0.3) is 0 Å². The van der Waals surface area contributed by atoms with E-state index in [1.807, 2.05) is 43.3 Å². The zero-order valence-electron chi connectivity index (χ0n) is 20.5. The number of hydrogen-bond donors (Lipinski definition) is 2. The van der Waals surface area contributed by atoms with Crippen molar-refractivity contribution in [2.24, 2.45) is 11.8 Å². The lowest BCUT2D eigenvalue weighted by Crippen LogP contribution is -2.38. The molecular weight excluding hydrogens is 386 g/mol. The lowest BCUT2D eigenvalue weighted by Gasteiger charge is -2.32. The number of nitrogens with zero attached hydrogens (tertiary/aromatic N) is 1. The quantitative estimate of drug-likeness (QED) is 0.723. The Hall–Kier alpha value is -1.72. The molecular formula is C26H45N3O2. The Morgan fingerprint density at radius 2 is 1.39 bits per heavy atom. The molecule has 1 aromatic rings. The summed E-state index contributed by atoms with van der Waals surface area (Å²) < 4.78 is 0. The van der Waals surface area contributed by atoms with Crippen molar-refractivity contribution in [3.05, 3.63) is 35.4 Å². The largest absolute Gasteiger partial charge is 0.339 e. The first kappa shape index (κ1) is 27.3. The number of piperidine rings is 2. The number of aryl methyl sites for hydroxylation is 1. The van der Waals surface area contributed by atoms with Crippen molar-refractivity contribution < 1.29 is 9.59 Å². The predicted molar refractivity (Wildman–Crippen MR) is 131 cm³/mol. The van der Waals surface area contributed by atoms with Crippen LogP contribution in [-0.4, -0.2) is 56.9 Å². The molecule has 1 amide bonds. The number of carbonyl (C=O) groups is 2. The van der Waals surface area contributed by atoms with Gasteiger partial charge in [-0.2, -0.15) is 0 Å². The van der Waals surface area contributed by atoms with E-state index in [0.29, 0.717) is 0 Å². The van der Waals surface area contributed by atoms with Crippen LogP contribution < -0.4 is 10.6 Å². The second-order valence-electron chi connectivity index (χ2n) is 9.13. The normalized spacial score (nSPS) is 17.1. The van der Waals surface area contributed by atoms with Gasteiger partial charge >= 0.3 is 0 Å². The first-order valence-electron chi connectivity index (χ1n) is 12.0. The molecule has 0 unspecified atom stereocenters. The Morgan fingerprint density at radius 3 is 1.87 bits per heavy atom. The highest BCUT2D eigenvalue weighted by atomic mass is 16.2. The Bertz CT molecular complexity index is 612. The van der Waals surface area contributed by atoms with Crippen molar-refractivity contribution in [1.29, 1.82) is 0 Å². The molecule has 2 fully saturated rings. The van der Waals surface area contributed by atoms with E-state index < -0.39 is 0 Å². The molecule has 2 aliphatic heterocycles. The van der Waals surface area contributed by atoms with Crippen molar-refractivity contribution in [2.75, 3.05) is 40.3 Å². The highest BCUT2D eigenvalue weighted by Crippen LogP contribution is 2.26. The third-order valence-corrected chi connectivity index (χ3v) is 5.88. The third-order valence-electron chi connectivity index (χ3n) is 5.88. The first-order chi connectivity index (χ1) is 14.9. The highest BCUT2D eigenvalue weighted by Gasteiger charge is 2.23. The first-order valence-corrected chi connectivity index (χ1v) is 12.0. The summed E-state index contributed by atoms with van der Waals surface area (Å²) in [5.74, 6) is 2.16. The minimum absolute atomic E-state index is 0.167. The molecule has 0 radical (unpaired) electrons. The molecule has 0 spiro atoms. The summed E-state index contributed by atoms with van der Waals surface area (Å²) in [7, 11) is 3.75. The number of amides is 1. The lowest BCUT2D eigenvalue weighted by atomic mass is 9.87. The molecule has 5 heteroatoms. The van der Waals surface area contributed by atoms with E-state index in [-0.39, 0.29) is 11.7 Å². The minimum atomic E-state index is 0.167. The number of likely N-dealkylation sites (tertiary alicyclic amines) is 1. The molecule has 2 saturated heterocycles. The van der Waals surface area contributed by atoms with Gasteiger partial charge in [0, 0.05) is 18.7 Å². The van der Waals surface area contributed by atoms with Crippen LogP contribution in [0.3, 0.4) is 0 Å². The maximum atomic E-state index is 12.6. The van der Waals surface area contributed by atoms with Gasteiger partial charge in [0.25, 0.3) is 5.91 Å². The van der Waals surface area contributed by atoms with Gasteiger partial charge in [-0.3, -0.25) is 4.79 Å². The second kappa shape index (κ2) is 16.0. The number of nitrogens with one attached hydrogen (secondary N) is 2. The molecule has 2 aliphatic rings. The Balaban J connectivity index is 0.000000604. The summed E-state index contributed by atoms with van der Waals surface area (Å²) in [6.45, 7) is 9.41. The van der Waals surface area contributed by atoms with Gasteiger partial charge in [0.05, 0.1) is 0 Å². The summed E-state index contributed by atoms with van der Waals surface area (Å²) in [6.07, 6.45) is 9.24. The van der Waals surface area contributed by atoms with Crippen LogP contribution in [0.1, 0.15) is 74.7 Å². The van der Waals surface area contributed by atoms with E-state index in [1.54, 1.807) is 0 Å². The number of hydrogen-bond acceptors (Lipinski definition) is 4. The smallest absolute Gasteiger partial charge is 0.253 e.